The first-order valence-electron chi connectivity index (χ1n) is 8.25. The highest BCUT2D eigenvalue weighted by molar-refractivity contribution is 5.93. The van der Waals surface area contributed by atoms with Crippen LogP contribution in [0.15, 0.2) is 30.3 Å². The van der Waals surface area contributed by atoms with E-state index < -0.39 is 0 Å². The summed E-state index contributed by atoms with van der Waals surface area (Å²) in [7, 11) is 3.42. The van der Waals surface area contributed by atoms with Crippen LogP contribution in [0.3, 0.4) is 0 Å². The predicted molar refractivity (Wildman–Crippen MR) is 92.6 cm³/mol. The van der Waals surface area contributed by atoms with Gasteiger partial charge >= 0.3 is 0 Å². The minimum atomic E-state index is 0.868. The molecule has 0 saturated carbocycles. The first-order valence-corrected chi connectivity index (χ1v) is 8.25. The Morgan fingerprint density at radius 2 is 1.65 bits per heavy atom. The summed E-state index contributed by atoms with van der Waals surface area (Å²) in [4.78, 5) is 2.48. The van der Waals surface area contributed by atoms with E-state index in [-0.39, 0.29) is 0 Å². The second-order valence-electron chi connectivity index (χ2n) is 5.91. The molecule has 1 aliphatic rings. The molecule has 0 unspecified atom stereocenters. The van der Waals surface area contributed by atoms with Crippen LogP contribution in [0.25, 0.3) is 10.8 Å². The number of hydrogen-bond donors (Lipinski definition) is 0. The smallest absolute Gasteiger partial charge is 0.126 e. The van der Waals surface area contributed by atoms with Crippen molar-refractivity contribution in [1.29, 1.82) is 0 Å². The van der Waals surface area contributed by atoms with E-state index in [1.807, 2.05) is 12.1 Å². The summed E-state index contributed by atoms with van der Waals surface area (Å²) in [5.74, 6) is 1.79. The Labute approximate surface area is 137 Å². The van der Waals surface area contributed by atoms with Gasteiger partial charge in [0, 0.05) is 23.9 Å². The molecule has 1 aliphatic heterocycles. The number of ether oxygens (including phenoxy) is 3. The van der Waals surface area contributed by atoms with Crippen LogP contribution in [0.2, 0.25) is 0 Å². The average Bonchev–Trinajstić information content (AvgIpc) is 2.61. The molecular weight excluding hydrogens is 290 g/mol. The molecule has 1 saturated heterocycles. The van der Waals surface area contributed by atoms with Crippen molar-refractivity contribution >= 4 is 10.8 Å². The van der Waals surface area contributed by atoms with Crippen LogP contribution in [0.1, 0.15) is 12.0 Å². The summed E-state index contributed by atoms with van der Waals surface area (Å²) in [6, 6.07) is 10.5. The first-order chi connectivity index (χ1) is 11.3. The SMILES string of the molecule is COc1ccc(OC)c2cc(CCCN3CCOCC3)ccc12. The Balaban J connectivity index is 1.71. The maximum absolute atomic E-state index is 5.50. The lowest BCUT2D eigenvalue weighted by atomic mass is 10.0. The Morgan fingerprint density at radius 1 is 0.957 bits per heavy atom. The second kappa shape index (κ2) is 7.66. The van der Waals surface area contributed by atoms with Gasteiger partial charge in [-0.15, -0.1) is 0 Å². The first kappa shape index (κ1) is 16.1. The number of morpholine rings is 1. The van der Waals surface area contributed by atoms with Gasteiger partial charge < -0.3 is 14.2 Å². The molecule has 0 spiro atoms. The second-order valence-corrected chi connectivity index (χ2v) is 5.91. The van der Waals surface area contributed by atoms with E-state index in [1.165, 1.54) is 5.56 Å². The molecule has 124 valence electrons. The molecule has 2 aromatic carbocycles. The topological polar surface area (TPSA) is 30.9 Å². The molecule has 1 heterocycles. The van der Waals surface area contributed by atoms with Gasteiger partial charge in [0.2, 0.25) is 0 Å². The van der Waals surface area contributed by atoms with Crippen LogP contribution in [0.5, 0.6) is 11.5 Å². The summed E-state index contributed by atoms with van der Waals surface area (Å²) in [6.45, 7) is 4.99. The van der Waals surface area contributed by atoms with Crippen LogP contribution in [-0.2, 0) is 11.2 Å². The molecule has 0 N–H and O–H groups in total. The highest BCUT2D eigenvalue weighted by atomic mass is 16.5. The molecule has 23 heavy (non-hydrogen) atoms. The van der Waals surface area contributed by atoms with Crippen LogP contribution >= 0.6 is 0 Å². The normalized spacial score (nSPS) is 15.7. The average molecular weight is 315 g/mol. The van der Waals surface area contributed by atoms with Crippen LogP contribution in [0, 0.1) is 0 Å². The van der Waals surface area contributed by atoms with E-state index in [1.54, 1.807) is 14.2 Å². The van der Waals surface area contributed by atoms with Crippen molar-refractivity contribution in [3.63, 3.8) is 0 Å². The molecule has 0 amide bonds. The largest absolute Gasteiger partial charge is 0.496 e. The molecule has 4 heteroatoms. The molecular formula is C19H25NO3. The number of nitrogens with zero attached hydrogens (tertiary/aromatic N) is 1. The van der Waals surface area contributed by atoms with E-state index in [4.69, 9.17) is 14.2 Å². The molecule has 0 radical (unpaired) electrons. The van der Waals surface area contributed by atoms with Gasteiger partial charge in [-0.2, -0.15) is 0 Å². The molecule has 0 aromatic heterocycles. The van der Waals surface area contributed by atoms with E-state index in [2.05, 4.69) is 23.1 Å². The molecule has 0 atom stereocenters. The zero-order valence-corrected chi connectivity index (χ0v) is 14.0. The van der Waals surface area contributed by atoms with Gasteiger partial charge in [0.05, 0.1) is 27.4 Å². The Bertz CT molecular complexity index is 650. The molecule has 4 nitrogen and oxygen atoms in total. The van der Waals surface area contributed by atoms with Crippen molar-refractivity contribution in [2.75, 3.05) is 47.1 Å². The number of aryl methyl sites for hydroxylation is 1. The van der Waals surface area contributed by atoms with Gasteiger partial charge in [0.15, 0.2) is 0 Å². The van der Waals surface area contributed by atoms with Gasteiger partial charge in [0.25, 0.3) is 0 Å². The number of fused-ring (bicyclic) bond motifs is 1. The fraction of sp³-hybridized carbons (Fsp3) is 0.474. The van der Waals surface area contributed by atoms with Crippen LogP contribution in [0.4, 0.5) is 0 Å². The Hall–Kier alpha value is -1.78. The van der Waals surface area contributed by atoms with Crippen molar-refractivity contribution in [2.45, 2.75) is 12.8 Å². The third-order valence-electron chi connectivity index (χ3n) is 4.48. The lowest BCUT2D eigenvalue weighted by molar-refractivity contribution is 0.0375. The molecule has 2 aromatic rings. The lowest BCUT2D eigenvalue weighted by Gasteiger charge is -2.26. The molecule has 0 bridgehead atoms. The zero-order chi connectivity index (χ0) is 16.1. The minimum Gasteiger partial charge on any atom is -0.496 e. The van der Waals surface area contributed by atoms with Gasteiger partial charge in [-0.05, 0) is 43.1 Å². The summed E-state index contributed by atoms with van der Waals surface area (Å²) >= 11 is 0. The predicted octanol–water partition coefficient (Wildman–Crippen LogP) is 3.12. The number of rotatable bonds is 6. The monoisotopic (exact) mass is 315 g/mol. The zero-order valence-electron chi connectivity index (χ0n) is 14.0. The van der Waals surface area contributed by atoms with Gasteiger partial charge in [-0.1, -0.05) is 12.1 Å². The lowest BCUT2D eigenvalue weighted by Crippen LogP contribution is -2.36. The maximum atomic E-state index is 5.50. The standard InChI is InChI=1S/C19H25NO3/c1-21-18-7-8-19(22-2)17-14-15(5-6-16(17)18)4-3-9-20-10-12-23-13-11-20/h5-8,14H,3-4,9-13H2,1-2H3. The maximum Gasteiger partial charge on any atom is 0.126 e. The van der Waals surface area contributed by atoms with Crippen LogP contribution in [-0.4, -0.2) is 52.0 Å². The Morgan fingerprint density at radius 3 is 2.35 bits per heavy atom. The quantitative estimate of drug-likeness (QED) is 0.819. The van der Waals surface area contributed by atoms with E-state index in [9.17, 15) is 0 Å². The highest BCUT2D eigenvalue weighted by Gasteiger charge is 2.11. The molecule has 3 rings (SSSR count). The third kappa shape index (κ3) is 3.77. The van der Waals surface area contributed by atoms with Crippen molar-refractivity contribution in [1.82, 2.24) is 4.90 Å². The number of methoxy groups -OCH3 is 2. The van der Waals surface area contributed by atoms with E-state index >= 15 is 0 Å². The van der Waals surface area contributed by atoms with Gasteiger partial charge in [-0.3, -0.25) is 4.90 Å². The number of benzene rings is 2. The minimum absolute atomic E-state index is 0.868. The van der Waals surface area contributed by atoms with Crippen molar-refractivity contribution in [3.05, 3.63) is 35.9 Å². The molecule has 1 fully saturated rings. The van der Waals surface area contributed by atoms with Crippen molar-refractivity contribution < 1.29 is 14.2 Å². The fourth-order valence-corrected chi connectivity index (χ4v) is 3.18. The van der Waals surface area contributed by atoms with Gasteiger partial charge in [-0.25, -0.2) is 0 Å². The van der Waals surface area contributed by atoms with E-state index in [0.717, 1.165) is 68.0 Å². The third-order valence-corrected chi connectivity index (χ3v) is 4.48. The van der Waals surface area contributed by atoms with Gasteiger partial charge in [0.1, 0.15) is 11.5 Å². The van der Waals surface area contributed by atoms with E-state index in [0.29, 0.717) is 0 Å². The van der Waals surface area contributed by atoms with Crippen molar-refractivity contribution in [3.8, 4) is 11.5 Å². The Kier molecular flexibility index (Phi) is 5.36. The summed E-state index contributed by atoms with van der Waals surface area (Å²) < 4.78 is 16.3. The fourth-order valence-electron chi connectivity index (χ4n) is 3.18. The molecule has 0 aliphatic carbocycles. The highest BCUT2D eigenvalue weighted by Crippen LogP contribution is 2.33. The summed E-state index contributed by atoms with van der Waals surface area (Å²) in [5, 5.41) is 2.22. The van der Waals surface area contributed by atoms with Crippen molar-refractivity contribution in [2.24, 2.45) is 0 Å². The van der Waals surface area contributed by atoms with Crippen LogP contribution < -0.4 is 9.47 Å². The summed E-state index contributed by atoms with van der Waals surface area (Å²) in [6.07, 6.45) is 2.24. The number of hydrogen-bond acceptors (Lipinski definition) is 4. The summed E-state index contributed by atoms with van der Waals surface area (Å²) in [5.41, 5.74) is 1.34.